The van der Waals surface area contributed by atoms with Crippen LogP contribution in [-0.4, -0.2) is 67.5 Å². The number of halogens is 3. The molecule has 3 rings (SSSR count). The quantitative estimate of drug-likeness (QED) is 0.558. The van der Waals surface area contributed by atoms with Crippen LogP contribution in [0.4, 0.5) is 13.2 Å². The van der Waals surface area contributed by atoms with Gasteiger partial charge in [-0.3, -0.25) is 4.98 Å². The van der Waals surface area contributed by atoms with Crippen molar-refractivity contribution < 1.29 is 38.3 Å². The highest BCUT2D eigenvalue weighted by Gasteiger charge is 2.46. The van der Waals surface area contributed by atoms with Crippen LogP contribution >= 0.6 is 0 Å². The van der Waals surface area contributed by atoms with Crippen molar-refractivity contribution >= 4 is 0 Å². The van der Waals surface area contributed by atoms with E-state index in [0.29, 0.717) is 18.2 Å². The van der Waals surface area contributed by atoms with Gasteiger partial charge >= 0.3 is 6.18 Å². The number of benzene rings is 1. The largest absolute Gasteiger partial charge is 0.434 e. The number of aryl methyl sites for hydroxylation is 1. The minimum atomic E-state index is -4.56. The molecule has 1 unspecified atom stereocenters. The monoisotopic (exact) mass is 442 g/mol. The molecule has 2 aromatic rings. The molecule has 1 fully saturated rings. The lowest BCUT2D eigenvalue weighted by Crippen LogP contribution is -2.59. The summed E-state index contributed by atoms with van der Waals surface area (Å²) in [6, 6.07) is 5.20. The summed E-state index contributed by atoms with van der Waals surface area (Å²) in [5, 5.41) is 40.0. The van der Waals surface area contributed by atoms with Crippen LogP contribution in [0.15, 0.2) is 30.6 Å². The molecule has 0 amide bonds. The fourth-order valence-electron chi connectivity index (χ4n) is 3.97. The van der Waals surface area contributed by atoms with Crippen molar-refractivity contribution in [2.75, 3.05) is 6.61 Å². The lowest BCUT2D eigenvalue weighted by molar-refractivity contribution is -0.234. The molecule has 1 aliphatic rings. The summed E-state index contributed by atoms with van der Waals surface area (Å²) in [5.41, 5.74) is 1.37. The summed E-state index contributed by atoms with van der Waals surface area (Å²) < 4.78 is 43.8. The van der Waals surface area contributed by atoms with Gasteiger partial charge in [0.25, 0.3) is 0 Å². The minimum Gasteiger partial charge on any atom is -0.394 e. The first-order valence-corrected chi connectivity index (χ1v) is 9.89. The van der Waals surface area contributed by atoms with Crippen LogP contribution < -0.4 is 0 Å². The Morgan fingerprint density at radius 2 is 1.77 bits per heavy atom. The second-order valence-electron chi connectivity index (χ2n) is 7.66. The number of aliphatic hydroxyl groups excluding tert-OH is 4. The van der Waals surface area contributed by atoms with Crippen molar-refractivity contribution in [3.05, 3.63) is 47.4 Å². The van der Waals surface area contributed by atoms with E-state index >= 15 is 0 Å². The van der Waals surface area contributed by atoms with E-state index in [9.17, 15) is 33.6 Å². The summed E-state index contributed by atoms with van der Waals surface area (Å²) >= 11 is 0. The lowest BCUT2D eigenvalue weighted by atomic mass is 9.81. The van der Waals surface area contributed by atoms with Crippen LogP contribution in [-0.2, 0) is 10.9 Å². The normalized spacial score (nSPS) is 27.8. The highest BCUT2D eigenvalue weighted by molar-refractivity contribution is 5.60. The molecular formula is C21H25F3N2O5. The Morgan fingerprint density at radius 3 is 2.29 bits per heavy atom. The van der Waals surface area contributed by atoms with Gasteiger partial charge in [0.15, 0.2) is 5.69 Å². The smallest absolute Gasteiger partial charge is 0.394 e. The van der Waals surface area contributed by atoms with Gasteiger partial charge in [0.05, 0.1) is 30.8 Å². The molecule has 1 saturated heterocycles. The lowest BCUT2D eigenvalue weighted by Gasteiger charge is -2.43. The van der Waals surface area contributed by atoms with E-state index in [4.69, 9.17) is 4.74 Å². The molecule has 4 N–H and O–H groups in total. The summed E-state index contributed by atoms with van der Waals surface area (Å²) in [6.07, 6.45) is -8.41. The highest BCUT2D eigenvalue weighted by Crippen LogP contribution is 2.36. The van der Waals surface area contributed by atoms with Crippen molar-refractivity contribution in [1.82, 2.24) is 9.97 Å². The number of ether oxygens (including phenoxy) is 1. The van der Waals surface area contributed by atoms with Gasteiger partial charge in [-0.1, -0.05) is 19.1 Å². The summed E-state index contributed by atoms with van der Waals surface area (Å²) in [7, 11) is 0. The summed E-state index contributed by atoms with van der Waals surface area (Å²) in [4.78, 5) is 7.29. The molecule has 0 radical (unpaired) electrons. The van der Waals surface area contributed by atoms with Crippen molar-refractivity contribution in [1.29, 1.82) is 0 Å². The maximum absolute atomic E-state index is 12.7. The first kappa shape index (κ1) is 23.6. The van der Waals surface area contributed by atoms with Crippen molar-refractivity contribution in [3.8, 4) is 11.3 Å². The first-order valence-electron chi connectivity index (χ1n) is 9.89. The molecule has 2 heterocycles. The van der Waals surface area contributed by atoms with Crippen LogP contribution in [0.5, 0.6) is 0 Å². The zero-order valence-corrected chi connectivity index (χ0v) is 17.0. The van der Waals surface area contributed by atoms with Gasteiger partial charge in [-0.25, -0.2) is 4.98 Å². The van der Waals surface area contributed by atoms with Crippen LogP contribution in [0.2, 0.25) is 0 Å². The molecule has 1 aliphatic heterocycles. The Bertz CT molecular complexity index is 892. The third-order valence-corrected chi connectivity index (χ3v) is 5.67. The number of alkyl halides is 3. The number of hydrogen-bond acceptors (Lipinski definition) is 7. The Morgan fingerprint density at radius 1 is 1.06 bits per heavy atom. The molecule has 0 bridgehead atoms. The number of nitrogens with zero attached hydrogens (tertiary/aromatic N) is 2. The molecule has 6 atom stereocenters. The molecule has 170 valence electrons. The second-order valence-corrected chi connectivity index (χ2v) is 7.66. The minimum absolute atomic E-state index is 0.281. The molecule has 0 spiro atoms. The molecule has 1 aromatic carbocycles. The van der Waals surface area contributed by atoms with Gasteiger partial charge in [-0.05, 0) is 30.5 Å². The Hall–Kier alpha value is -2.11. The van der Waals surface area contributed by atoms with Gasteiger partial charge < -0.3 is 25.2 Å². The summed E-state index contributed by atoms with van der Waals surface area (Å²) in [6.45, 7) is 3.17. The van der Waals surface area contributed by atoms with Gasteiger partial charge in [-0.15, -0.1) is 0 Å². The maximum atomic E-state index is 12.7. The Labute approximate surface area is 177 Å². The number of aliphatic hydroxyl groups is 4. The second kappa shape index (κ2) is 9.17. The Kier molecular flexibility index (Phi) is 6.97. The van der Waals surface area contributed by atoms with E-state index in [1.165, 1.54) is 0 Å². The van der Waals surface area contributed by atoms with Gasteiger partial charge in [0.2, 0.25) is 0 Å². The van der Waals surface area contributed by atoms with E-state index in [1.54, 1.807) is 18.2 Å². The molecule has 10 heteroatoms. The van der Waals surface area contributed by atoms with Crippen molar-refractivity contribution in [3.63, 3.8) is 0 Å². The predicted molar refractivity (Wildman–Crippen MR) is 104 cm³/mol. The summed E-state index contributed by atoms with van der Waals surface area (Å²) in [5.74, 6) is -0.362. The fourth-order valence-corrected chi connectivity index (χ4v) is 3.97. The zero-order chi connectivity index (χ0) is 22.9. The fraction of sp³-hybridized carbons (Fsp3) is 0.524. The molecular weight excluding hydrogens is 417 g/mol. The number of hydrogen-bond donors (Lipinski definition) is 4. The van der Waals surface area contributed by atoms with Crippen LogP contribution in [0.3, 0.4) is 0 Å². The SMILES string of the molecule is CCC(c1ccc(-c2cnc(C(F)(F)F)cn2)cc1C)[C@H]1O[C@H](CO)[C@@H](O)[C@H](O)[C@@H]1O. The van der Waals surface area contributed by atoms with E-state index in [-0.39, 0.29) is 11.6 Å². The van der Waals surface area contributed by atoms with E-state index in [0.717, 1.165) is 17.3 Å². The molecule has 7 nitrogen and oxygen atoms in total. The third-order valence-electron chi connectivity index (χ3n) is 5.67. The van der Waals surface area contributed by atoms with Crippen molar-refractivity contribution in [2.45, 2.75) is 62.9 Å². The van der Waals surface area contributed by atoms with Gasteiger partial charge in [0, 0.05) is 11.5 Å². The van der Waals surface area contributed by atoms with E-state index in [2.05, 4.69) is 9.97 Å². The first-order chi connectivity index (χ1) is 14.6. The Balaban J connectivity index is 1.88. The average Bonchev–Trinajstić information content (AvgIpc) is 2.74. The molecule has 1 aromatic heterocycles. The van der Waals surface area contributed by atoms with Crippen LogP contribution in [0.1, 0.15) is 36.1 Å². The zero-order valence-electron chi connectivity index (χ0n) is 17.0. The average molecular weight is 442 g/mol. The predicted octanol–water partition coefficient (Wildman–Crippen LogP) is 1.81. The topological polar surface area (TPSA) is 116 Å². The van der Waals surface area contributed by atoms with Crippen LogP contribution in [0, 0.1) is 6.92 Å². The standard InChI is InChI=1S/C21H25F3N2O5/c1-3-12(20-19(30)18(29)17(28)15(9-27)31-20)13-5-4-11(6-10(13)2)14-7-26-16(8-25-14)21(22,23)24/h4-8,12,15,17-20,27-30H,3,9H2,1-2H3/t12?,15-,17-,18+,19+,20-/m1/s1. The van der Waals surface area contributed by atoms with Gasteiger partial charge in [-0.2, -0.15) is 13.2 Å². The maximum Gasteiger partial charge on any atom is 0.434 e. The number of rotatable bonds is 5. The van der Waals surface area contributed by atoms with Crippen molar-refractivity contribution in [2.24, 2.45) is 0 Å². The molecule has 0 aliphatic carbocycles. The third kappa shape index (κ3) is 4.73. The molecule has 0 saturated carbocycles. The van der Waals surface area contributed by atoms with E-state index in [1.807, 2.05) is 13.8 Å². The molecule has 31 heavy (non-hydrogen) atoms. The van der Waals surface area contributed by atoms with Gasteiger partial charge in [0.1, 0.15) is 24.4 Å². The number of aromatic nitrogens is 2. The van der Waals surface area contributed by atoms with Crippen LogP contribution in [0.25, 0.3) is 11.3 Å². The highest BCUT2D eigenvalue weighted by atomic mass is 19.4. The van der Waals surface area contributed by atoms with E-state index < -0.39 is 49.0 Å².